The van der Waals surface area contributed by atoms with Crippen LogP contribution in [0.15, 0.2) is 29.8 Å². The molecule has 0 heterocycles. The van der Waals surface area contributed by atoms with Crippen LogP contribution in [0.2, 0.25) is 0 Å². The minimum absolute atomic E-state index is 0.104. The van der Waals surface area contributed by atoms with Crippen LogP contribution in [-0.4, -0.2) is 12.6 Å². The molecule has 0 saturated carbocycles. The number of benzene rings is 1. The van der Waals surface area contributed by atoms with Gasteiger partial charge in [-0.05, 0) is 56.1 Å². The highest BCUT2D eigenvalue weighted by atomic mass is 16.2. The Hall–Kier alpha value is -1.77. The zero-order chi connectivity index (χ0) is 15.9. The summed E-state index contributed by atoms with van der Waals surface area (Å²) in [5.41, 5.74) is 4.73. The number of anilines is 1. The van der Waals surface area contributed by atoms with E-state index in [1.54, 1.807) is 0 Å². The third kappa shape index (κ3) is 4.62. The first-order valence-electron chi connectivity index (χ1n) is 8.40. The predicted octanol–water partition coefficient (Wildman–Crippen LogP) is 5.13. The molecule has 0 aromatic heterocycles. The zero-order valence-electron chi connectivity index (χ0n) is 14.0. The fourth-order valence-corrected chi connectivity index (χ4v) is 2.97. The molecule has 3 nitrogen and oxygen atoms in total. The Balaban J connectivity index is 1.88. The van der Waals surface area contributed by atoms with E-state index in [9.17, 15) is 4.79 Å². The minimum atomic E-state index is -0.104. The Kier molecular flexibility index (Phi) is 6.05. The van der Waals surface area contributed by atoms with Crippen molar-refractivity contribution in [2.24, 2.45) is 0 Å². The highest BCUT2D eigenvalue weighted by molar-refractivity contribution is 5.91. The zero-order valence-corrected chi connectivity index (χ0v) is 14.0. The van der Waals surface area contributed by atoms with E-state index >= 15 is 0 Å². The van der Waals surface area contributed by atoms with Crippen molar-refractivity contribution in [2.75, 3.05) is 11.9 Å². The van der Waals surface area contributed by atoms with Gasteiger partial charge in [0.1, 0.15) is 0 Å². The van der Waals surface area contributed by atoms with Crippen molar-refractivity contribution >= 4 is 11.7 Å². The molecule has 120 valence electrons. The Bertz CT molecular complexity index is 546. The Labute approximate surface area is 134 Å². The molecule has 0 saturated heterocycles. The summed E-state index contributed by atoms with van der Waals surface area (Å²) in [6, 6.07) is 6.06. The second kappa shape index (κ2) is 8.02. The van der Waals surface area contributed by atoms with Crippen LogP contribution in [0, 0.1) is 6.92 Å². The Morgan fingerprint density at radius 3 is 2.77 bits per heavy atom. The maximum Gasteiger partial charge on any atom is 0.319 e. The molecule has 1 aromatic rings. The van der Waals surface area contributed by atoms with E-state index in [-0.39, 0.29) is 6.03 Å². The van der Waals surface area contributed by atoms with E-state index < -0.39 is 0 Å². The first kappa shape index (κ1) is 16.6. The molecule has 22 heavy (non-hydrogen) atoms. The molecule has 1 aliphatic carbocycles. The summed E-state index contributed by atoms with van der Waals surface area (Å²) in [6.45, 7) is 7.04. The third-order valence-corrected chi connectivity index (χ3v) is 4.28. The van der Waals surface area contributed by atoms with Crippen molar-refractivity contribution in [3.05, 3.63) is 41.0 Å². The number of carbonyl (C=O) groups is 1. The lowest BCUT2D eigenvalue weighted by Crippen LogP contribution is -2.30. The van der Waals surface area contributed by atoms with Gasteiger partial charge in [0, 0.05) is 12.2 Å². The molecular weight excluding hydrogens is 272 g/mol. The second-order valence-electron chi connectivity index (χ2n) is 6.43. The SMILES string of the molecule is Cc1cccc(C(C)C)c1NC(=O)NCCC1=CCCCC1. The van der Waals surface area contributed by atoms with Gasteiger partial charge in [-0.3, -0.25) is 0 Å². The average molecular weight is 300 g/mol. The molecule has 1 aliphatic rings. The maximum absolute atomic E-state index is 12.1. The molecule has 0 radical (unpaired) electrons. The highest BCUT2D eigenvalue weighted by Crippen LogP contribution is 2.27. The number of hydrogen-bond donors (Lipinski definition) is 2. The van der Waals surface area contributed by atoms with Crippen molar-refractivity contribution in [3.8, 4) is 0 Å². The number of aryl methyl sites for hydroxylation is 1. The van der Waals surface area contributed by atoms with Gasteiger partial charge in [0.2, 0.25) is 0 Å². The predicted molar refractivity (Wildman–Crippen MR) is 93.5 cm³/mol. The van der Waals surface area contributed by atoms with E-state index in [4.69, 9.17) is 0 Å². The quantitative estimate of drug-likeness (QED) is 0.727. The summed E-state index contributed by atoms with van der Waals surface area (Å²) >= 11 is 0. The lowest BCUT2D eigenvalue weighted by atomic mass is 9.97. The lowest BCUT2D eigenvalue weighted by molar-refractivity contribution is 0.252. The fourth-order valence-electron chi connectivity index (χ4n) is 2.97. The van der Waals surface area contributed by atoms with Gasteiger partial charge in [-0.1, -0.05) is 43.7 Å². The van der Waals surface area contributed by atoms with Gasteiger partial charge in [0.05, 0.1) is 0 Å². The first-order valence-corrected chi connectivity index (χ1v) is 8.40. The molecule has 2 amide bonds. The molecule has 2 N–H and O–H groups in total. The van der Waals surface area contributed by atoms with Gasteiger partial charge >= 0.3 is 6.03 Å². The van der Waals surface area contributed by atoms with Crippen molar-refractivity contribution in [1.82, 2.24) is 5.32 Å². The Morgan fingerprint density at radius 2 is 2.09 bits per heavy atom. The number of nitrogens with one attached hydrogen (secondary N) is 2. The first-order chi connectivity index (χ1) is 10.6. The van der Waals surface area contributed by atoms with Crippen LogP contribution in [0.5, 0.6) is 0 Å². The van der Waals surface area contributed by atoms with Gasteiger partial charge in [-0.25, -0.2) is 4.79 Å². The van der Waals surface area contributed by atoms with E-state index in [0.717, 1.165) is 17.7 Å². The highest BCUT2D eigenvalue weighted by Gasteiger charge is 2.12. The van der Waals surface area contributed by atoms with Crippen molar-refractivity contribution in [2.45, 2.75) is 58.8 Å². The molecule has 0 atom stereocenters. The standard InChI is InChI=1S/C19H28N2O/c1-14(2)17-11-7-8-15(3)18(17)21-19(22)20-13-12-16-9-5-4-6-10-16/h7-9,11,14H,4-6,10,12-13H2,1-3H3,(H2,20,21,22). The van der Waals surface area contributed by atoms with Gasteiger partial charge in [-0.2, -0.15) is 0 Å². The largest absolute Gasteiger partial charge is 0.338 e. The topological polar surface area (TPSA) is 41.1 Å². The van der Waals surface area contributed by atoms with Crippen molar-refractivity contribution in [3.63, 3.8) is 0 Å². The lowest BCUT2D eigenvalue weighted by Gasteiger charge is -2.17. The number of hydrogen-bond acceptors (Lipinski definition) is 1. The summed E-state index contributed by atoms with van der Waals surface area (Å²) in [4.78, 5) is 12.1. The summed E-state index contributed by atoms with van der Waals surface area (Å²) in [6.07, 6.45) is 8.29. The maximum atomic E-state index is 12.1. The second-order valence-corrected chi connectivity index (χ2v) is 6.43. The average Bonchev–Trinajstić information content (AvgIpc) is 2.50. The number of amides is 2. The summed E-state index contributed by atoms with van der Waals surface area (Å²) in [7, 11) is 0. The molecule has 0 aliphatic heterocycles. The third-order valence-electron chi connectivity index (χ3n) is 4.28. The van der Waals surface area contributed by atoms with Gasteiger partial charge < -0.3 is 10.6 Å². The van der Waals surface area contributed by atoms with Crippen LogP contribution in [-0.2, 0) is 0 Å². The van der Waals surface area contributed by atoms with Crippen molar-refractivity contribution in [1.29, 1.82) is 0 Å². The summed E-state index contributed by atoms with van der Waals surface area (Å²) < 4.78 is 0. The molecule has 0 fully saturated rings. The number of rotatable bonds is 5. The van der Waals surface area contributed by atoms with E-state index in [1.807, 2.05) is 19.1 Å². The van der Waals surface area contributed by atoms with Crippen LogP contribution in [0.3, 0.4) is 0 Å². The van der Waals surface area contributed by atoms with Crippen LogP contribution in [0.25, 0.3) is 0 Å². The molecule has 0 unspecified atom stereocenters. The number of allylic oxidation sites excluding steroid dienone is 1. The van der Waals surface area contributed by atoms with E-state index in [2.05, 4.69) is 36.6 Å². The fraction of sp³-hybridized carbons (Fsp3) is 0.526. The normalized spacial score (nSPS) is 14.6. The summed E-state index contributed by atoms with van der Waals surface area (Å²) in [5, 5.41) is 6.01. The Morgan fingerprint density at radius 1 is 1.27 bits per heavy atom. The van der Waals surface area contributed by atoms with Gasteiger partial charge in [0.25, 0.3) is 0 Å². The smallest absolute Gasteiger partial charge is 0.319 e. The van der Waals surface area contributed by atoms with Crippen LogP contribution in [0.4, 0.5) is 10.5 Å². The van der Waals surface area contributed by atoms with Crippen LogP contribution < -0.4 is 10.6 Å². The van der Waals surface area contributed by atoms with E-state index in [1.165, 1.54) is 36.8 Å². The molecule has 3 heteroatoms. The molecule has 0 spiro atoms. The summed E-state index contributed by atoms with van der Waals surface area (Å²) in [5.74, 6) is 0.391. The minimum Gasteiger partial charge on any atom is -0.338 e. The number of para-hydroxylation sites is 1. The molecular formula is C19H28N2O. The van der Waals surface area contributed by atoms with Gasteiger partial charge in [-0.15, -0.1) is 0 Å². The van der Waals surface area contributed by atoms with Crippen molar-refractivity contribution < 1.29 is 4.79 Å². The molecule has 2 rings (SSSR count). The van der Waals surface area contributed by atoms with Crippen LogP contribution >= 0.6 is 0 Å². The molecule has 0 bridgehead atoms. The molecule has 1 aromatic carbocycles. The van der Waals surface area contributed by atoms with Gasteiger partial charge in [0.15, 0.2) is 0 Å². The number of carbonyl (C=O) groups excluding carboxylic acids is 1. The van der Waals surface area contributed by atoms with Crippen LogP contribution in [0.1, 0.15) is 63.0 Å². The monoisotopic (exact) mass is 300 g/mol. The number of urea groups is 1. The van der Waals surface area contributed by atoms with E-state index in [0.29, 0.717) is 12.5 Å².